The molecule has 0 fully saturated rings. The lowest BCUT2D eigenvalue weighted by Gasteiger charge is -2.06. The van der Waals surface area contributed by atoms with Gasteiger partial charge < -0.3 is 4.74 Å². The van der Waals surface area contributed by atoms with Gasteiger partial charge in [-0.1, -0.05) is 29.4 Å². The van der Waals surface area contributed by atoms with Crippen LogP contribution in [0.1, 0.15) is 5.56 Å². The van der Waals surface area contributed by atoms with Crippen molar-refractivity contribution in [2.45, 2.75) is 16.7 Å². The molecule has 0 amide bonds. The van der Waals surface area contributed by atoms with Crippen LogP contribution in [0.3, 0.4) is 0 Å². The molecule has 0 spiro atoms. The molecule has 0 N–H and O–H groups in total. The Kier molecular flexibility index (Phi) is 3.92. The predicted molar refractivity (Wildman–Crippen MR) is 71.1 cm³/mol. The molecule has 1 aromatic carbocycles. The first-order valence-electron chi connectivity index (χ1n) is 5.13. The van der Waals surface area contributed by atoms with Crippen molar-refractivity contribution in [3.63, 3.8) is 0 Å². The summed E-state index contributed by atoms with van der Waals surface area (Å²) < 4.78 is 5.19. The van der Waals surface area contributed by atoms with Crippen LogP contribution in [0.4, 0.5) is 0 Å². The van der Waals surface area contributed by atoms with Gasteiger partial charge in [-0.25, -0.2) is 4.98 Å². The average molecular weight is 266 g/mol. The largest absolute Gasteiger partial charge is 0.497 e. The molecule has 0 saturated heterocycles. The summed E-state index contributed by atoms with van der Waals surface area (Å²) in [7, 11) is 1.67. The number of benzene rings is 1. The van der Waals surface area contributed by atoms with Crippen LogP contribution in [0.2, 0.25) is 5.15 Å². The van der Waals surface area contributed by atoms with E-state index in [2.05, 4.69) is 4.98 Å². The Morgan fingerprint density at radius 1 is 1.29 bits per heavy atom. The van der Waals surface area contributed by atoms with Gasteiger partial charge in [0, 0.05) is 16.0 Å². The molecule has 88 valence electrons. The number of aryl methyl sites for hydroxylation is 1. The second-order valence-corrected chi connectivity index (χ2v) is 5.06. The van der Waals surface area contributed by atoms with E-state index in [9.17, 15) is 0 Å². The van der Waals surface area contributed by atoms with Gasteiger partial charge in [0.05, 0.1) is 7.11 Å². The second-order valence-electron chi connectivity index (χ2n) is 3.55. The Morgan fingerprint density at radius 3 is 2.88 bits per heavy atom. The molecule has 0 aliphatic carbocycles. The Bertz CT molecular complexity index is 531. The summed E-state index contributed by atoms with van der Waals surface area (Å²) in [6.45, 7) is 2.02. The summed E-state index contributed by atoms with van der Waals surface area (Å²) in [5.74, 6) is 0.854. The third kappa shape index (κ3) is 3.14. The van der Waals surface area contributed by atoms with E-state index in [1.54, 1.807) is 25.1 Å². The van der Waals surface area contributed by atoms with Crippen LogP contribution in [-0.2, 0) is 0 Å². The molecule has 1 heterocycles. The van der Waals surface area contributed by atoms with Crippen molar-refractivity contribution in [3.8, 4) is 5.75 Å². The van der Waals surface area contributed by atoms with Gasteiger partial charge in [0.2, 0.25) is 0 Å². The fraction of sp³-hybridized carbons (Fsp3) is 0.154. The number of hydrogen-bond donors (Lipinski definition) is 0. The zero-order chi connectivity index (χ0) is 12.3. The molecule has 17 heavy (non-hydrogen) atoms. The second kappa shape index (κ2) is 5.43. The van der Waals surface area contributed by atoms with Crippen LogP contribution in [0.5, 0.6) is 5.75 Å². The Labute approximate surface area is 110 Å². The first kappa shape index (κ1) is 12.3. The van der Waals surface area contributed by atoms with Gasteiger partial charge in [-0.15, -0.1) is 0 Å². The summed E-state index contributed by atoms with van der Waals surface area (Å²) >= 11 is 7.55. The van der Waals surface area contributed by atoms with E-state index in [0.717, 1.165) is 21.1 Å². The van der Waals surface area contributed by atoms with Crippen molar-refractivity contribution in [1.29, 1.82) is 0 Å². The maximum Gasteiger partial charge on any atom is 0.130 e. The minimum atomic E-state index is 0.515. The highest BCUT2D eigenvalue weighted by atomic mass is 35.5. The molecular weight excluding hydrogens is 254 g/mol. The molecule has 0 radical (unpaired) electrons. The molecule has 2 rings (SSSR count). The maximum absolute atomic E-state index is 5.89. The number of aromatic nitrogens is 1. The Balaban J connectivity index is 2.27. The fourth-order valence-corrected chi connectivity index (χ4v) is 2.57. The van der Waals surface area contributed by atoms with Crippen molar-refractivity contribution in [2.75, 3.05) is 7.11 Å². The van der Waals surface area contributed by atoms with Crippen molar-refractivity contribution in [3.05, 3.63) is 47.2 Å². The molecule has 0 unspecified atom stereocenters. The highest BCUT2D eigenvalue weighted by molar-refractivity contribution is 7.99. The van der Waals surface area contributed by atoms with Crippen LogP contribution < -0.4 is 4.74 Å². The number of halogens is 1. The van der Waals surface area contributed by atoms with Crippen LogP contribution in [-0.4, -0.2) is 12.1 Å². The number of hydrogen-bond acceptors (Lipinski definition) is 3. The van der Waals surface area contributed by atoms with Crippen LogP contribution in [0.15, 0.2) is 46.3 Å². The fourth-order valence-electron chi connectivity index (χ4n) is 1.38. The first-order chi connectivity index (χ1) is 8.19. The summed E-state index contributed by atoms with van der Waals surface area (Å²) in [5, 5.41) is 0.515. The highest BCUT2D eigenvalue weighted by Crippen LogP contribution is 2.32. The van der Waals surface area contributed by atoms with E-state index in [4.69, 9.17) is 16.3 Å². The molecule has 0 saturated carbocycles. The number of nitrogens with zero attached hydrogens (tertiary/aromatic N) is 1. The topological polar surface area (TPSA) is 22.1 Å². The van der Waals surface area contributed by atoms with Gasteiger partial charge in [0.25, 0.3) is 0 Å². The lowest BCUT2D eigenvalue weighted by molar-refractivity contribution is 0.413. The van der Waals surface area contributed by atoms with Gasteiger partial charge in [-0.05, 0) is 36.8 Å². The number of rotatable bonds is 3. The molecular formula is C13H12ClNOS. The van der Waals surface area contributed by atoms with E-state index in [0.29, 0.717) is 5.15 Å². The van der Waals surface area contributed by atoms with Gasteiger partial charge in [0.1, 0.15) is 10.9 Å². The quantitative estimate of drug-likeness (QED) is 0.777. The predicted octanol–water partition coefficient (Wildman–Crippen LogP) is 4.20. The molecule has 2 nitrogen and oxygen atoms in total. The lowest BCUT2D eigenvalue weighted by atomic mass is 10.3. The molecule has 2 aromatic rings. The van der Waals surface area contributed by atoms with E-state index in [-0.39, 0.29) is 0 Å². The van der Waals surface area contributed by atoms with Crippen LogP contribution in [0, 0.1) is 6.92 Å². The van der Waals surface area contributed by atoms with Gasteiger partial charge in [-0.2, -0.15) is 0 Å². The molecule has 0 aliphatic heterocycles. The van der Waals surface area contributed by atoms with E-state index >= 15 is 0 Å². The van der Waals surface area contributed by atoms with Crippen LogP contribution in [0.25, 0.3) is 0 Å². The van der Waals surface area contributed by atoms with Gasteiger partial charge in [-0.3, -0.25) is 0 Å². The highest BCUT2D eigenvalue weighted by Gasteiger charge is 2.04. The molecule has 0 bridgehead atoms. The SMILES string of the molecule is COc1cccc(Sc2cc(Cl)ncc2C)c1. The summed E-state index contributed by atoms with van der Waals surface area (Å²) in [4.78, 5) is 6.27. The van der Waals surface area contributed by atoms with Crippen molar-refractivity contribution in [2.24, 2.45) is 0 Å². The minimum Gasteiger partial charge on any atom is -0.497 e. The van der Waals surface area contributed by atoms with Crippen molar-refractivity contribution < 1.29 is 4.74 Å². The molecule has 4 heteroatoms. The monoisotopic (exact) mass is 265 g/mol. The van der Waals surface area contributed by atoms with E-state index < -0.39 is 0 Å². The zero-order valence-corrected chi connectivity index (χ0v) is 11.2. The summed E-state index contributed by atoms with van der Waals surface area (Å²) in [6.07, 6.45) is 1.78. The number of ether oxygens (including phenoxy) is 1. The summed E-state index contributed by atoms with van der Waals surface area (Å²) in [5.41, 5.74) is 1.11. The van der Waals surface area contributed by atoms with E-state index in [1.807, 2.05) is 37.3 Å². The smallest absolute Gasteiger partial charge is 0.130 e. The Hall–Kier alpha value is -1.19. The molecule has 1 aromatic heterocycles. The normalized spacial score (nSPS) is 10.3. The maximum atomic E-state index is 5.89. The third-order valence-electron chi connectivity index (χ3n) is 2.29. The number of methoxy groups -OCH3 is 1. The first-order valence-corrected chi connectivity index (χ1v) is 6.32. The van der Waals surface area contributed by atoms with Crippen molar-refractivity contribution in [1.82, 2.24) is 4.98 Å². The van der Waals surface area contributed by atoms with Gasteiger partial charge in [0.15, 0.2) is 0 Å². The summed E-state index contributed by atoms with van der Waals surface area (Å²) in [6, 6.07) is 9.82. The minimum absolute atomic E-state index is 0.515. The van der Waals surface area contributed by atoms with Crippen LogP contribution >= 0.6 is 23.4 Å². The molecule has 0 aliphatic rings. The third-order valence-corrected chi connectivity index (χ3v) is 3.65. The molecule has 0 atom stereocenters. The standard InChI is InChI=1S/C13H12ClNOS/c1-9-8-15-13(14)7-12(9)17-11-5-3-4-10(6-11)16-2/h3-8H,1-2H3. The zero-order valence-electron chi connectivity index (χ0n) is 9.61. The van der Waals surface area contributed by atoms with Gasteiger partial charge >= 0.3 is 0 Å². The Morgan fingerprint density at radius 2 is 2.12 bits per heavy atom. The average Bonchev–Trinajstić information content (AvgIpc) is 2.34. The lowest BCUT2D eigenvalue weighted by Crippen LogP contribution is -1.85. The van der Waals surface area contributed by atoms with E-state index in [1.165, 1.54) is 0 Å². The number of pyridine rings is 1. The van der Waals surface area contributed by atoms with Crippen molar-refractivity contribution >= 4 is 23.4 Å².